The summed E-state index contributed by atoms with van der Waals surface area (Å²) in [7, 11) is 0. The molecule has 3 N–H and O–H groups in total. The average molecular weight is 322 g/mol. The van der Waals surface area contributed by atoms with E-state index in [2.05, 4.69) is 6.58 Å². The fourth-order valence-corrected chi connectivity index (χ4v) is 4.97. The second kappa shape index (κ2) is 6.11. The van der Waals surface area contributed by atoms with Gasteiger partial charge in [0, 0.05) is 11.1 Å². The smallest absolute Gasteiger partial charge is 0.330 e. The van der Waals surface area contributed by atoms with E-state index in [4.69, 9.17) is 10.2 Å². The molecule has 2 unspecified atom stereocenters. The highest BCUT2D eigenvalue weighted by atomic mass is 16.4. The summed E-state index contributed by atoms with van der Waals surface area (Å²) in [5, 5.41) is 27.5. The van der Waals surface area contributed by atoms with Crippen LogP contribution in [0.1, 0.15) is 52.4 Å². The van der Waals surface area contributed by atoms with E-state index in [1.807, 2.05) is 6.08 Å². The maximum atomic E-state index is 11.0. The van der Waals surface area contributed by atoms with Gasteiger partial charge in [0.2, 0.25) is 0 Å². The van der Waals surface area contributed by atoms with Crippen LogP contribution in [0.5, 0.6) is 0 Å². The normalized spacial score (nSPS) is 37.8. The first-order chi connectivity index (χ1) is 10.5. The van der Waals surface area contributed by atoms with Crippen molar-refractivity contribution < 1.29 is 24.9 Å². The minimum atomic E-state index is -0.935. The van der Waals surface area contributed by atoms with E-state index in [0.717, 1.165) is 32.1 Å². The quantitative estimate of drug-likeness (QED) is 0.694. The minimum absolute atomic E-state index is 0.0265. The van der Waals surface area contributed by atoms with Crippen LogP contribution in [0.15, 0.2) is 23.8 Å². The Hall–Kier alpha value is -1.62. The summed E-state index contributed by atoms with van der Waals surface area (Å²) >= 11 is 0. The minimum Gasteiger partial charge on any atom is -0.478 e. The molecular weight excluding hydrogens is 296 g/mol. The van der Waals surface area contributed by atoms with Crippen molar-refractivity contribution >= 4 is 11.9 Å². The van der Waals surface area contributed by atoms with Gasteiger partial charge in [-0.15, -0.1) is 0 Å². The third-order valence-corrected chi connectivity index (χ3v) is 5.30. The Kier molecular flexibility index (Phi) is 4.71. The predicted octanol–water partition coefficient (Wildman–Crippen LogP) is 3.00. The Morgan fingerprint density at radius 1 is 1.04 bits per heavy atom. The predicted molar refractivity (Wildman–Crippen MR) is 85.9 cm³/mol. The van der Waals surface area contributed by atoms with Crippen LogP contribution in [-0.4, -0.2) is 32.9 Å². The lowest BCUT2D eigenvalue weighted by atomic mass is 9.48. The standard InChI is InChI=1S/C14H20O3.C4H6O2/c1-9(12(15)16)3-13-4-10-2-11(5-13)7-14(17,6-10)8-13;1-3(2)4(5)6/h3,10-11,17H,2,4-8H2,1H3,(H,15,16);1H2,2H3,(H,5,6). The zero-order chi connectivity index (χ0) is 17.4. The zero-order valence-corrected chi connectivity index (χ0v) is 13.8. The van der Waals surface area contributed by atoms with Crippen molar-refractivity contribution in [3.8, 4) is 0 Å². The number of carboxylic acid groups (broad SMARTS) is 2. The maximum Gasteiger partial charge on any atom is 0.330 e. The lowest BCUT2D eigenvalue weighted by Crippen LogP contribution is -2.55. The van der Waals surface area contributed by atoms with Crippen LogP contribution in [-0.2, 0) is 9.59 Å². The average Bonchev–Trinajstić information content (AvgIpc) is 2.35. The van der Waals surface area contributed by atoms with Crippen LogP contribution in [0.4, 0.5) is 0 Å². The molecule has 5 nitrogen and oxygen atoms in total. The fourth-order valence-electron chi connectivity index (χ4n) is 4.97. The van der Waals surface area contributed by atoms with Crippen molar-refractivity contribution in [2.24, 2.45) is 17.3 Å². The highest BCUT2D eigenvalue weighted by Gasteiger charge is 2.56. The van der Waals surface area contributed by atoms with Crippen LogP contribution >= 0.6 is 0 Å². The topological polar surface area (TPSA) is 94.8 Å². The Morgan fingerprint density at radius 3 is 1.87 bits per heavy atom. The number of rotatable bonds is 3. The number of aliphatic hydroxyl groups is 1. The van der Waals surface area contributed by atoms with Crippen molar-refractivity contribution in [1.82, 2.24) is 0 Å². The molecule has 0 aromatic rings. The summed E-state index contributed by atoms with van der Waals surface area (Å²) in [6.45, 7) is 6.27. The summed E-state index contributed by atoms with van der Waals surface area (Å²) in [5.74, 6) is -0.541. The molecule has 23 heavy (non-hydrogen) atoms. The van der Waals surface area contributed by atoms with Gasteiger partial charge in [0.15, 0.2) is 0 Å². The number of aliphatic carboxylic acids is 2. The highest BCUT2D eigenvalue weighted by molar-refractivity contribution is 5.86. The first-order valence-corrected chi connectivity index (χ1v) is 8.08. The van der Waals surface area contributed by atoms with Gasteiger partial charge in [0.1, 0.15) is 0 Å². The Labute approximate surface area is 136 Å². The van der Waals surface area contributed by atoms with Crippen LogP contribution in [0.25, 0.3) is 0 Å². The van der Waals surface area contributed by atoms with E-state index in [-0.39, 0.29) is 11.0 Å². The molecule has 0 aromatic carbocycles. The molecule has 0 heterocycles. The van der Waals surface area contributed by atoms with E-state index < -0.39 is 17.5 Å². The molecule has 4 saturated carbocycles. The molecule has 0 aromatic heterocycles. The third kappa shape index (κ3) is 4.02. The molecule has 4 fully saturated rings. The molecule has 5 heteroatoms. The summed E-state index contributed by atoms with van der Waals surface area (Å²) in [6, 6.07) is 0. The van der Waals surface area contributed by atoms with Crippen molar-refractivity contribution in [3.05, 3.63) is 23.8 Å². The second-order valence-electron chi connectivity index (χ2n) is 7.77. The van der Waals surface area contributed by atoms with Gasteiger partial charge < -0.3 is 15.3 Å². The first-order valence-electron chi connectivity index (χ1n) is 8.08. The van der Waals surface area contributed by atoms with Crippen LogP contribution in [0.3, 0.4) is 0 Å². The molecule has 0 saturated heterocycles. The highest BCUT2D eigenvalue weighted by Crippen LogP contribution is 2.62. The van der Waals surface area contributed by atoms with Gasteiger partial charge in [-0.05, 0) is 69.6 Å². The van der Waals surface area contributed by atoms with Crippen molar-refractivity contribution in [2.45, 2.75) is 58.0 Å². The number of carboxylic acids is 2. The van der Waals surface area contributed by atoms with Crippen molar-refractivity contribution in [3.63, 3.8) is 0 Å². The van der Waals surface area contributed by atoms with E-state index >= 15 is 0 Å². The third-order valence-electron chi connectivity index (χ3n) is 5.30. The summed E-state index contributed by atoms with van der Waals surface area (Å²) in [6.07, 6.45) is 7.99. The summed E-state index contributed by atoms with van der Waals surface area (Å²) in [5.41, 5.74) is 0.0891. The van der Waals surface area contributed by atoms with Crippen LogP contribution in [0.2, 0.25) is 0 Å². The molecule has 4 rings (SSSR count). The molecule has 2 atom stereocenters. The molecule has 4 aliphatic rings. The summed E-state index contributed by atoms with van der Waals surface area (Å²) in [4.78, 5) is 20.6. The van der Waals surface area contributed by atoms with Crippen molar-refractivity contribution in [2.75, 3.05) is 0 Å². The van der Waals surface area contributed by atoms with E-state index in [1.165, 1.54) is 13.3 Å². The van der Waals surface area contributed by atoms with Crippen LogP contribution in [0, 0.1) is 17.3 Å². The Morgan fingerprint density at radius 2 is 1.52 bits per heavy atom. The molecule has 4 aliphatic carbocycles. The first kappa shape index (κ1) is 17.7. The van der Waals surface area contributed by atoms with E-state index in [0.29, 0.717) is 17.4 Å². The number of carbonyl (C=O) groups is 2. The molecule has 0 spiro atoms. The number of allylic oxidation sites excluding steroid dienone is 1. The number of hydrogen-bond acceptors (Lipinski definition) is 3. The van der Waals surface area contributed by atoms with E-state index in [1.54, 1.807) is 6.92 Å². The van der Waals surface area contributed by atoms with Crippen molar-refractivity contribution in [1.29, 1.82) is 0 Å². The van der Waals surface area contributed by atoms with E-state index in [9.17, 15) is 14.7 Å². The van der Waals surface area contributed by atoms with Gasteiger partial charge in [0.05, 0.1) is 5.60 Å². The lowest BCUT2D eigenvalue weighted by Gasteiger charge is -2.59. The Bertz CT molecular complexity index is 534. The number of hydrogen-bond donors (Lipinski definition) is 3. The van der Waals surface area contributed by atoms with Gasteiger partial charge in [-0.1, -0.05) is 12.7 Å². The summed E-state index contributed by atoms with van der Waals surface area (Å²) < 4.78 is 0. The van der Waals surface area contributed by atoms with Gasteiger partial charge in [-0.3, -0.25) is 0 Å². The molecule has 0 aliphatic heterocycles. The maximum absolute atomic E-state index is 11.0. The lowest BCUT2D eigenvalue weighted by molar-refractivity contribution is -0.149. The van der Waals surface area contributed by atoms with Gasteiger partial charge >= 0.3 is 11.9 Å². The largest absolute Gasteiger partial charge is 0.478 e. The van der Waals surface area contributed by atoms with Gasteiger partial charge in [-0.25, -0.2) is 9.59 Å². The molecule has 0 amide bonds. The zero-order valence-electron chi connectivity index (χ0n) is 13.8. The van der Waals surface area contributed by atoms with Crippen LogP contribution < -0.4 is 0 Å². The second-order valence-corrected chi connectivity index (χ2v) is 7.77. The SMILES string of the molecule is C=C(C)C(=O)O.CC(=CC12CC3CC(CC(O)(C3)C1)C2)C(=O)O. The monoisotopic (exact) mass is 322 g/mol. The molecule has 128 valence electrons. The molecule has 0 radical (unpaired) electrons. The molecular formula is C18H26O5. The Balaban J connectivity index is 0.000000277. The fraction of sp³-hybridized carbons (Fsp3) is 0.667. The molecule has 4 bridgehead atoms. The van der Waals surface area contributed by atoms with Gasteiger partial charge in [0.25, 0.3) is 0 Å². The van der Waals surface area contributed by atoms with Gasteiger partial charge in [-0.2, -0.15) is 0 Å².